The van der Waals surface area contributed by atoms with E-state index in [-0.39, 0.29) is 69.2 Å². The van der Waals surface area contributed by atoms with Crippen molar-refractivity contribution in [3.8, 4) is 34.5 Å². The minimum atomic E-state index is -4.71. The molecule has 0 saturated carbocycles. The average Bonchev–Trinajstić information content (AvgIpc) is 0.730. The van der Waals surface area contributed by atoms with Crippen LogP contribution in [-0.4, -0.2) is 34.7 Å². The van der Waals surface area contributed by atoms with Gasteiger partial charge in [0.2, 0.25) is 0 Å². The number of ketones is 6. The Kier molecular flexibility index (Phi) is 18.5. The van der Waals surface area contributed by atoms with E-state index in [4.69, 9.17) is 40.7 Å². The Morgan fingerprint density at radius 3 is 0.406 bits per heavy atom. The Labute approximate surface area is 553 Å². The molecule has 12 aromatic carbocycles. The lowest BCUT2D eigenvalue weighted by molar-refractivity contribution is 0.103. The highest BCUT2D eigenvalue weighted by molar-refractivity contribution is 7.79. The highest BCUT2D eigenvalue weighted by Gasteiger charge is 2.49. The fourth-order valence-corrected chi connectivity index (χ4v) is 19.2. The van der Waals surface area contributed by atoms with Crippen molar-refractivity contribution in [1.29, 1.82) is 0 Å². The van der Waals surface area contributed by atoms with Gasteiger partial charge in [-0.1, -0.05) is 196 Å². The van der Waals surface area contributed by atoms with E-state index in [9.17, 15) is 28.8 Å². The molecule has 0 fully saturated rings. The Morgan fingerprint density at radius 2 is 0.281 bits per heavy atom. The van der Waals surface area contributed by atoms with Gasteiger partial charge < -0.3 is 27.1 Å². The number of carbonyl (C=O) groups excluding carboxylic acids is 6. The maximum Gasteiger partial charge on any atom is 0.460 e. The quantitative estimate of drug-likeness (QED) is 0.0411. The van der Waals surface area contributed by atoms with Crippen LogP contribution in [0.1, 0.15) is 95.5 Å². The lowest BCUT2D eigenvalue weighted by atomic mass is 10.0. The number of carbonyl (C=O) groups is 6. The van der Waals surface area contributed by atoms with Gasteiger partial charge in [-0.25, -0.2) is 0 Å². The summed E-state index contributed by atoms with van der Waals surface area (Å²) in [6, 6.07) is 90.3. The molecule has 13 rings (SSSR count). The molecule has 12 aromatic rings. The summed E-state index contributed by atoms with van der Waals surface area (Å²) < 4.78 is 59.1. The summed E-state index contributed by atoms with van der Waals surface area (Å²) in [5, 5.41) is 0. The van der Waals surface area contributed by atoms with E-state index in [1.807, 2.05) is 36.4 Å². The summed E-state index contributed by atoms with van der Waals surface area (Å²) in [5.74, 6) is -1.12. The zero-order chi connectivity index (χ0) is 65.9. The smallest absolute Gasteiger partial charge is 0.413 e. The van der Waals surface area contributed by atoms with Crippen LogP contribution in [0.15, 0.2) is 341 Å². The van der Waals surface area contributed by atoms with Crippen LogP contribution in [-0.2, 0) is 0 Å². The molecular weight excluding hydrogens is 1260 g/mol. The topological polar surface area (TPSA) is 195 Å². The van der Waals surface area contributed by atoms with E-state index in [1.54, 1.807) is 291 Å². The second kappa shape index (κ2) is 28.2. The largest absolute Gasteiger partial charge is 0.460 e. The molecule has 0 spiro atoms. The number of benzene rings is 12. The molecule has 0 N–H and O–H groups in total. The molecule has 18 heteroatoms. The zero-order valence-electron chi connectivity index (χ0n) is 50.8. The number of nitrogens with zero attached hydrogens (tertiary/aromatic N) is 3. The van der Waals surface area contributed by atoms with E-state index >= 15 is 0 Å². The first kappa shape index (κ1) is 62.9. The van der Waals surface area contributed by atoms with Gasteiger partial charge in [0.15, 0.2) is 34.7 Å². The minimum absolute atomic E-state index is 0.0783. The second-order valence-electron chi connectivity index (χ2n) is 21.6. The molecule has 0 amide bonds. The third-order valence-electron chi connectivity index (χ3n) is 14.9. The molecule has 15 nitrogen and oxygen atoms in total. The van der Waals surface area contributed by atoms with Crippen molar-refractivity contribution in [1.82, 2.24) is 0 Å². The van der Waals surface area contributed by atoms with E-state index < -0.39 is 23.0 Å². The van der Waals surface area contributed by atoms with Crippen LogP contribution in [0.25, 0.3) is 0 Å². The summed E-state index contributed by atoms with van der Waals surface area (Å²) in [4.78, 5) is 83.6. The van der Waals surface area contributed by atoms with Gasteiger partial charge in [-0.3, -0.25) is 28.8 Å². The molecule has 1 aliphatic rings. The van der Waals surface area contributed by atoms with E-state index in [2.05, 4.69) is 0 Å². The van der Waals surface area contributed by atoms with E-state index in [0.717, 1.165) is 0 Å². The van der Waals surface area contributed by atoms with Crippen LogP contribution in [0.2, 0.25) is 0 Å². The lowest BCUT2D eigenvalue weighted by Crippen LogP contribution is -2.12. The van der Waals surface area contributed by atoms with Gasteiger partial charge in [-0.2, -0.15) is 0 Å². The van der Waals surface area contributed by atoms with Gasteiger partial charge in [0, 0.05) is 66.8 Å². The number of rotatable bonds is 24. The van der Waals surface area contributed by atoms with Crippen LogP contribution in [0, 0.1) is 0 Å². The molecule has 0 aliphatic carbocycles. The van der Waals surface area contributed by atoms with E-state index in [1.165, 1.54) is 0 Å². The Morgan fingerprint density at radius 1 is 0.167 bits per heavy atom. The van der Waals surface area contributed by atoms with Crippen molar-refractivity contribution < 1.29 is 55.9 Å². The van der Waals surface area contributed by atoms with Crippen molar-refractivity contribution >= 4 is 57.7 Å². The van der Waals surface area contributed by atoms with Crippen LogP contribution in [0.5, 0.6) is 34.5 Å². The van der Waals surface area contributed by atoms with Gasteiger partial charge in [0.1, 0.15) is 34.5 Å². The molecule has 1 aliphatic heterocycles. The standard InChI is InChI=1S/C78H54N3O12P3/c82-73(55-19-7-1-8-20-55)61-31-43-67(44-32-61)88-94(89-68-45-33-62(34-46-68)74(83)56-21-9-2-10-22-56)79-95(90-69-47-35-63(36-48-69)75(84)57-23-11-3-12-24-57,91-70-49-37-64(38-50-70)76(85)58-25-13-4-14-26-58)81-96(80-94,92-71-51-39-65(40-52-71)77(86)59-27-15-5-16-28-59)93-72-53-41-66(42-54-72)78(87)60-29-17-6-18-30-60/h1-54H. The SMILES string of the molecule is O=C(c1ccccc1)c1ccc(OP2(Oc3ccc(C(=O)c4ccccc4)cc3)=NP(Oc3ccc(C(=O)c4ccccc4)cc3)(Oc3ccc(C(=O)c4ccccc4)cc3)=NP(Oc3ccc(C(=O)c4ccccc4)cc3)(Oc3ccc(C(=O)c4ccccc4)cc3)=N2)cc1. The van der Waals surface area contributed by atoms with Crippen molar-refractivity contribution in [2.45, 2.75) is 0 Å². The molecule has 0 radical (unpaired) electrons. The first-order chi connectivity index (χ1) is 46.9. The van der Waals surface area contributed by atoms with Gasteiger partial charge in [-0.15, -0.1) is 0 Å². The van der Waals surface area contributed by atoms with Crippen molar-refractivity contribution in [2.24, 2.45) is 13.5 Å². The summed E-state index contributed by atoms with van der Waals surface area (Å²) in [6.07, 6.45) is 0. The highest BCUT2D eigenvalue weighted by atomic mass is 31.3. The van der Waals surface area contributed by atoms with Crippen molar-refractivity contribution in [3.05, 3.63) is 394 Å². The molecule has 96 heavy (non-hydrogen) atoms. The molecule has 0 aromatic heterocycles. The van der Waals surface area contributed by atoms with Gasteiger partial charge in [-0.05, 0) is 146 Å². The highest BCUT2D eigenvalue weighted by Crippen LogP contribution is 2.78. The van der Waals surface area contributed by atoms with Crippen molar-refractivity contribution in [2.75, 3.05) is 0 Å². The summed E-state index contributed by atoms with van der Waals surface area (Å²) >= 11 is 0. The Hall–Kier alpha value is -11.9. The molecular formula is C78H54N3O12P3. The second-order valence-corrected chi connectivity index (χ2v) is 27.8. The van der Waals surface area contributed by atoms with Crippen LogP contribution in [0.4, 0.5) is 0 Å². The van der Waals surface area contributed by atoms with Crippen LogP contribution < -0.4 is 27.1 Å². The maximum absolute atomic E-state index is 13.9. The number of hydrogen-bond donors (Lipinski definition) is 0. The average molecular weight is 1320 g/mol. The third kappa shape index (κ3) is 14.7. The fourth-order valence-electron chi connectivity index (χ4n) is 10.1. The third-order valence-corrected chi connectivity index (χ3v) is 23.1. The lowest BCUT2D eigenvalue weighted by Gasteiger charge is -2.33. The first-order valence-electron chi connectivity index (χ1n) is 30.1. The number of hydrogen-bond acceptors (Lipinski definition) is 15. The predicted octanol–water partition coefficient (Wildman–Crippen LogP) is 19.7. The molecule has 468 valence electrons. The predicted molar refractivity (Wildman–Crippen MR) is 370 cm³/mol. The van der Waals surface area contributed by atoms with Gasteiger partial charge in [0.25, 0.3) is 0 Å². The molecule has 0 bridgehead atoms. The molecule has 1 heterocycles. The molecule has 0 unspecified atom stereocenters. The van der Waals surface area contributed by atoms with Crippen LogP contribution >= 0.6 is 23.0 Å². The maximum atomic E-state index is 13.9. The van der Waals surface area contributed by atoms with E-state index in [0.29, 0.717) is 66.8 Å². The normalized spacial score (nSPS) is 13.1. The molecule has 0 saturated heterocycles. The minimum Gasteiger partial charge on any atom is -0.413 e. The van der Waals surface area contributed by atoms with Crippen LogP contribution in [0.3, 0.4) is 0 Å². The molecule has 0 atom stereocenters. The van der Waals surface area contributed by atoms with Gasteiger partial charge >= 0.3 is 23.0 Å². The van der Waals surface area contributed by atoms with Gasteiger partial charge in [0.05, 0.1) is 0 Å². The first-order valence-corrected chi connectivity index (χ1v) is 34.7. The summed E-state index contributed by atoms with van der Waals surface area (Å²) in [7, 11) is -14.1. The Balaban J connectivity index is 1.04. The summed E-state index contributed by atoms with van der Waals surface area (Å²) in [6.45, 7) is 0. The fraction of sp³-hybridized carbons (Fsp3) is 0. The monoisotopic (exact) mass is 1320 g/mol. The zero-order valence-corrected chi connectivity index (χ0v) is 53.4. The van der Waals surface area contributed by atoms with Crippen molar-refractivity contribution in [3.63, 3.8) is 0 Å². The Bertz CT molecular complexity index is 4190. The summed E-state index contributed by atoms with van der Waals surface area (Å²) in [5.41, 5.74) is 4.62.